The maximum atomic E-state index is 4.60. The zero-order chi connectivity index (χ0) is 13.7. The Balaban J connectivity index is 1.91. The number of nitrogens with zero attached hydrogens (tertiary/aromatic N) is 4. The van der Waals surface area contributed by atoms with Gasteiger partial charge >= 0.3 is 0 Å². The van der Waals surface area contributed by atoms with E-state index >= 15 is 0 Å². The highest BCUT2D eigenvalue weighted by atomic mass is 32.1. The fraction of sp³-hybridized carbons (Fsp3) is 0.615. The summed E-state index contributed by atoms with van der Waals surface area (Å²) in [6.45, 7) is 8.96. The molecular weight excluding hydrogens is 258 g/mol. The van der Waals surface area contributed by atoms with Crippen molar-refractivity contribution in [2.24, 2.45) is 0 Å². The second kappa shape index (κ2) is 6.77. The highest BCUT2D eigenvalue weighted by Crippen LogP contribution is 2.19. The van der Waals surface area contributed by atoms with Crippen LogP contribution in [0.25, 0.3) is 0 Å². The molecule has 0 aliphatic rings. The third kappa shape index (κ3) is 4.11. The van der Waals surface area contributed by atoms with Gasteiger partial charge in [0.15, 0.2) is 0 Å². The number of rotatable bonds is 7. The molecule has 2 aromatic heterocycles. The van der Waals surface area contributed by atoms with Gasteiger partial charge in [-0.2, -0.15) is 0 Å². The molecule has 0 radical (unpaired) electrons. The van der Waals surface area contributed by atoms with E-state index < -0.39 is 0 Å². The number of thiazole rings is 1. The summed E-state index contributed by atoms with van der Waals surface area (Å²) in [4.78, 5) is 4.60. The molecule has 0 saturated heterocycles. The molecule has 0 aliphatic carbocycles. The van der Waals surface area contributed by atoms with Gasteiger partial charge in [0.1, 0.15) is 0 Å². The third-order valence-corrected chi connectivity index (χ3v) is 3.90. The molecule has 0 spiro atoms. The minimum Gasteiger partial charge on any atom is -0.311 e. The molecule has 2 rings (SSSR count). The molecule has 2 aromatic rings. The Hall–Kier alpha value is -1.27. The van der Waals surface area contributed by atoms with Gasteiger partial charge in [0.05, 0.1) is 29.1 Å². The van der Waals surface area contributed by atoms with E-state index in [4.69, 9.17) is 0 Å². The van der Waals surface area contributed by atoms with Gasteiger partial charge in [-0.3, -0.25) is 0 Å². The van der Waals surface area contributed by atoms with Crippen LogP contribution in [0.5, 0.6) is 0 Å². The molecule has 19 heavy (non-hydrogen) atoms. The summed E-state index contributed by atoms with van der Waals surface area (Å²) >= 11 is 1.72. The lowest BCUT2D eigenvalue weighted by Crippen LogP contribution is -2.13. The van der Waals surface area contributed by atoms with Crippen molar-refractivity contribution in [1.29, 1.82) is 0 Å². The van der Waals surface area contributed by atoms with E-state index in [2.05, 4.69) is 46.8 Å². The summed E-state index contributed by atoms with van der Waals surface area (Å²) in [5.41, 5.74) is 2.04. The summed E-state index contributed by atoms with van der Waals surface area (Å²) in [5, 5.41) is 14.9. The lowest BCUT2D eigenvalue weighted by Gasteiger charge is -1.98. The largest absolute Gasteiger partial charge is 0.311 e. The quantitative estimate of drug-likeness (QED) is 0.791. The first kappa shape index (κ1) is 14.1. The van der Waals surface area contributed by atoms with Gasteiger partial charge in [-0.1, -0.05) is 26.0 Å². The average molecular weight is 279 g/mol. The highest BCUT2D eigenvalue weighted by Gasteiger charge is 2.07. The summed E-state index contributed by atoms with van der Waals surface area (Å²) in [6, 6.07) is 0. The van der Waals surface area contributed by atoms with Crippen LogP contribution in [0.1, 0.15) is 49.5 Å². The van der Waals surface area contributed by atoms with Crippen molar-refractivity contribution in [2.45, 2.75) is 46.2 Å². The molecule has 0 aliphatic heterocycles. The first-order valence-electron chi connectivity index (χ1n) is 6.73. The molecule has 6 heteroatoms. The first-order chi connectivity index (χ1) is 9.19. The number of hydrogen-bond acceptors (Lipinski definition) is 5. The van der Waals surface area contributed by atoms with Crippen molar-refractivity contribution < 1.29 is 0 Å². The van der Waals surface area contributed by atoms with Gasteiger partial charge in [0, 0.05) is 17.8 Å². The van der Waals surface area contributed by atoms with E-state index in [9.17, 15) is 0 Å². The minimum absolute atomic E-state index is 0.489. The Morgan fingerprint density at radius 1 is 1.37 bits per heavy atom. The SMILES string of the molecule is CCCNCc1cn(Cc2csc(C(C)C)n2)nn1. The Kier molecular flexibility index (Phi) is 5.04. The van der Waals surface area contributed by atoms with Crippen LogP contribution in [0.4, 0.5) is 0 Å². The zero-order valence-corrected chi connectivity index (χ0v) is 12.6. The summed E-state index contributed by atoms with van der Waals surface area (Å²) in [6.07, 6.45) is 3.11. The van der Waals surface area contributed by atoms with Crippen LogP contribution in [-0.2, 0) is 13.1 Å². The standard InChI is InChI=1S/C13H21N5S/c1-4-5-14-6-11-7-18(17-16-11)8-12-9-19-13(15-12)10(2)3/h7,9-10,14H,4-6,8H2,1-3H3. The molecule has 5 nitrogen and oxygen atoms in total. The lowest BCUT2D eigenvalue weighted by molar-refractivity contribution is 0.635. The third-order valence-electron chi connectivity index (χ3n) is 2.71. The van der Waals surface area contributed by atoms with Crippen molar-refractivity contribution >= 4 is 11.3 Å². The van der Waals surface area contributed by atoms with Crippen molar-refractivity contribution in [1.82, 2.24) is 25.3 Å². The van der Waals surface area contributed by atoms with E-state index in [1.165, 1.54) is 5.01 Å². The van der Waals surface area contributed by atoms with Crippen LogP contribution in [0.15, 0.2) is 11.6 Å². The molecule has 104 valence electrons. The van der Waals surface area contributed by atoms with Gasteiger partial charge in [0.2, 0.25) is 0 Å². The molecule has 0 bridgehead atoms. The van der Waals surface area contributed by atoms with Gasteiger partial charge in [-0.05, 0) is 13.0 Å². The summed E-state index contributed by atoms with van der Waals surface area (Å²) in [5.74, 6) is 0.489. The molecule has 0 amide bonds. The average Bonchev–Trinajstić information content (AvgIpc) is 3.00. The molecule has 0 aromatic carbocycles. The van der Waals surface area contributed by atoms with Crippen LogP contribution in [0.2, 0.25) is 0 Å². The molecule has 1 N–H and O–H groups in total. The van der Waals surface area contributed by atoms with Crippen LogP contribution in [-0.4, -0.2) is 26.5 Å². The van der Waals surface area contributed by atoms with Gasteiger partial charge < -0.3 is 5.32 Å². The van der Waals surface area contributed by atoms with Crippen LogP contribution >= 0.6 is 11.3 Å². The molecular formula is C13H21N5S. The molecule has 0 unspecified atom stereocenters. The Bertz CT molecular complexity index is 503. The van der Waals surface area contributed by atoms with E-state index in [-0.39, 0.29) is 0 Å². The van der Waals surface area contributed by atoms with Crippen molar-refractivity contribution in [3.63, 3.8) is 0 Å². The van der Waals surface area contributed by atoms with Crippen LogP contribution in [0, 0.1) is 0 Å². The number of hydrogen-bond donors (Lipinski definition) is 1. The normalized spacial score (nSPS) is 11.4. The van der Waals surface area contributed by atoms with Crippen LogP contribution in [0.3, 0.4) is 0 Å². The smallest absolute Gasteiger partial charge is 0.0964 e. The molecule has 2 heterocycles. The highest BCUT2D eigenvalue weighted by molar-refractivity contribution is 7.09. The van der Waals surface area contributed by atoms with E-state index in [1.54, 1.807) is 11.3 Å². The maximum absolute atomic E-state index is 4.60. The van der Waals surface area contributed by atoms with Crippen molar-refractivity contribution in [2.75, 3.05) is 6.54 Å². The molecule has 0 atom stereocenters. The zero-order valence-electron chi connectivity index (χ0n) is 11.8. The predicted octanol–water partition coefficient (Wildman–Crippen LogP) is 2.41. The predicted molar refractivity (Wildman–Crippen MR) is 77.3 cm³/mol. The molecule has 0 saturated carbocycles. The van der Waals surface area contributed by atoms with Gasteiger partial charge in [0.25, 0.3) is 0 Å². The lowest BCUT2D eigenvalue weighted by atomic mass is 10.2. The monoisotopic (exact) mass is 279 g/mol. The Morgan fingerprint density at radius 2 is 2.21 bits per heavy atom. The second-order valence-electron chi connectivity index (χ2n) is 4.92. The van der Waals surface area contributed by atoms with Crippen molar-refractivity contribution in [3.05, 3.63) is 28.0 Å². The first-order valence-corrected chi connectivity index (χ1v) is 7.61. The summed E-state index contributed by atoms with van der Waals surface area (Å²) < 4.78 is 1.85. The number of aromatic nitrogens is 4. The fourth-order valence-corrected chi connectivity index (χ4v) is 2.54. The number of nitrogens with one attached hydrogen (secondary N) is 1. The molecule has 0 fully saturated rings. The van der Waals surface area contributed by atoms with Crippen molar-refractivity contribution in [3.8, 4) is 0 Å². The second-order valence-corrected chi connectivity index (χ2v) is 5.81. The Morgan fingerprint density at radius 3 is 2.89 bits per heavy atom. The topological polar surface area (TPSA) is 55.6 Å². The maximum Gasteiger partial charge on any atom is 0.0964 e. The van der Waals surface area contributed by atoms with Gasteiger partial charge in [-0.15, -0.1) is 16.4 Å². The summed E-state index contributed by atoms with van der Waals surface area (Å²) in [7, 11) is 0. The Labute approximate surface area is 118 Å². The van der Waals surface area contributed by atoms with E-state index in [0.717, 1.165) is 30.9 Å². The van der Waals surface area contributed by atoms with Gasteiger partial charge in [-0.25, -0.2) is 9.67 Å². The fourth-order valence-electron chi connectivity index (χ4n) is 1.72. The van der Waals surface area contributed by atoms with Crippen LogP contribution < -0.4 is 5.32 Å². The van der Waals surface area contributed by atoms with E-state index in [1.807, 2.05) is 10.9 Å². The van der Waals surface area contributed by atoms with E-state index in [0.29, 0.717) is 12.5 Å². The minimum atomic E-state index is 0.489.